The number of hydrogen-bond acceptors (Lipinski definition) is 5. The van der Waals surface area contributed by atoms with E-state index in [1.54, 1.807) is 25.6 Å². The van der Waals surface area contributed by atoms with E-state index in [1.165, 1.54) is 10.5 Å². The van der Waals surface area contributed by atoms with Gasteiger partial charge in [-0.1, -0.05) is 24.3 Å². The van der Waals surface area contributed by atoms with Gasteiger partial charge in [-0.2, -0.15) is 0 Å². The van der Waals surface area contributed by atoms with Gasteiger partial charge in [-0.3, -0.25) is 0 Å². The van der Waals surface area contributed by atoms with Crippen LogP contribution in [0.2, 0.25) is 0 Å². The second-order valence-electron chi connectivity index (χ2n) is 9.32. The fourth-order valence-corrected chi connectivity index (χ4v) is 4.89. The van der Waals surface area contributed by atoms with Crippen molar-refractivity contribution in [3.05, 3.63) is 58.7 Å². The molecule has 0 saturated carbocycles. The second kappa shape index (κ2) is 10.3. The van der Waals surface area contributed by atoms with Crippen molar-refractivity contribution in [2.75, 3.05) is 19.3 Å². The Bertz CT molecular complexity index is 918. The van der Waals surface area contributed by atoms with Gasteiger partial charge >= 0.3 is 5.97 Å². The average Bonchev–Trinajstić information content (AvgIpc) is 3.23. The summed E-state index contributed by atoms with van der Waals surface area (Å²) in [6, 6.07) is 12.4. The normalized spacial score (nSPS) is 19.7. The van der Waals surface area contributed by atoms with Crippen LogP contribution in [0.1, 0.15) is 48.6 Å². The van der Waals surface area contributed by atoms with Gasteiger partial charge in [-0.05, 0) is 93.6 Å². The maximum Gasteiger partial charge on any atom is 0.347 e. The minimum absolute atomic E-state index is 0.191. The van der Waals surface area contributed by atoms with Crippen LogP contribution in [0, 0.1) is 25.7 Å². The van der Waals surface area contributed by atoms with Crippen molar-refractivity contribution in [3.8, 4) is 5.75 Å². The van der Waals surface area contributed by atoms with E-state index >= 15 is 0 Å². The lowest BCUT2D eigenvalue weighted by Crippen LogP contribution is -2.38. The summed E-state index contributed by atoms with van der Waals surface area (Å²) >= 11 is 1.70. The fraction of sp³-hybridized carbons (Fsp3) is 0.500. The number of aliphatic hydroxyl groups is 1. The minimum Gasteiger partial charge on any atom is -0.478 e. The molecule has 3 rings (SSSR count). The molecule has 3 atom stereocenters. The van der Waals surface area contributed by atoms with Crippen molar-refractivity contribution in [3.63, 3.8) is 0 Å². The van der Waals surface area contributed by atoms with Gasteiger partial charge < -0.3 is 20.3 Å². The smallest absolute Gasteiger partial charge is 0.347 e. The Hall–Kier alpha value is -2.02. The first-order chi connectivity index (χ1) is 15.1. The number of nitrogens with one attached hydrogen (secondary N) is 1. The van der Waals surface area contributed by atoms with Crippen molar-refractivity contribution in [1.29, 1.82) is 0 Å². The van der Waals surface area contributed by atoms with Crippen molar-refractivity contribution in [2.45, 2.75) is 57.1 Å². The maximum absolute atomic E-state index is 11.4. The first-order valence-electron chi connectivity index (χ1n) is 11.2. The van der Waals surface area contributed by atoms with Gasteiger partial charge in [-0.15, -0.1) is 11.8 Å². The van der Waals surface area contributed by atoms with E-state index in [1.807, 2.05) is 26.0 Å². The summed E-state index contributed by atoms with van der Waals surface area (Å²) in [6.07, 6.45) is 3.48. The van der Waals surface area contributed by atoms with Crippen molar-refractivity contribution in [2.24, 2.45) is 11.8 Å². The number of carboxylic acids is 1. The molecule has 0 spiro atoms. The quantitative estimate of drug-likeness (QED) is 0.471. The van der Waals surface area contributed by atoms with Gasteiger partial charge in [0.1, 0.15) is 5.75 Å². The number of carboxylic acid groups (broad SMARTS) is 1. The van der Waals surface area contributed by atoms with Crippen LogP contribution in [0.25, 0.3) is 0 Å². The number of aryl methyl sites for hydroxylation is 3. The first kappa shape index (κ1) is 24.6. The van der Waals surface area contributed by atoms with Crippen LogP contribution in [0.15, 0.2) is 41.3 Å². The Balaban J connectivity index is 1.67. The summed E-state index contributed by atoms with van der Waals surface area (Å²) < 4.78 is 5.83. The van der Waals surface area contributed by atoms with Gasteiger partial charge in [0, 0.05) is 17.4 Å². The number of rotatable bonds is 9. The van der Waals surface area contributed by atoms with Gasteiger partial charge in [0.05, 0.1) is 6.10 Å². The van der Waals surface area contributed by atoms with Gasteiger partial charge in [0.2, 0.25) is 0 Å². The number of ether oxygens (including phenoxy) is 1. The maximum atomic E-state index is 11.4. The Morgan fingerprint density at radius 3 is 2.38 bits per heavy atom. The molecule has 5 nitrogen and oxygen atoms in total. The zero-order valence-electron chi connectivity index (χ0n) is 19.6. The van der Waals surface area contributed by atoms with E-state index < -0.39 is 17.7 Å². The molecule has 2 aromatic carbocycles. The van der Waals surface area contributed by atoms with Crippen LogP contribution in [0.3, 0.4) is 0 Å². The molecular weight excluding hydrogens is 422 g/mol. The molecule has 1 heterocycles. The molecule has 0 radical (unpaired) electrons. The van der Waals surface area contributed by atoms with E-state index in [-0.39, 0.29) is 5.92 Å². The predicted octanol–water partition coefficient (Wildman–Crippen LogP) is 4.77. The first-order valence-corrected chi connectivity index (χ1v) is 12.4. The van der Waals surface area contributed by atoms with Crippen molar-refractivity contribution in [1.82, 2.24) is 5.32 Å². The Morgan fingerprint density at radius 1 is 1.19 bits per heavy atom. The summed E-state index contributed by atoms with van der Waals surface area (Å²) in [5.41, 5.74) is 2.82. The number of aliphatic carboxylic acids is 1. The third-order valence-corrected chi connectivity index (χ3v) is 7.19. The average molecular weight is 458 g/mol. The molecule has 0 bridgehead atoms. The Morgan fingerprint density at radius 2 is 1.81 bits per heavy atom. The van der Waals surface area contributed by atoms with E-state index in [2.05, 4.69) is 35.8 Å². The highest BCUT2D eigenvalue weighted by atomic mass is 32.2. The molecule has 1 aliphatic rings. The largest absolute Gasteiger partial charge is 0.478 e. The summed E-state index contributed by atoms with van der Waals surface area (Å²) in [6.45, 7) is 8.80. The van der Waals surface area contributed by atoms with E-state index in [0.717, 1.165) is 42.6 Å². The lowest BCUT2D eigenvalue weighted by molar-refractivity contribution is -0.152. The standard InChI is InChI=1S/C26H35NO4S/c1-16-12-18(13-17(2)24(16)31-26(3,4)25(29)30)6-7-20-14-27-15-22(20)23(28)19-8-10-21(32-5)11-9-19/h8-13,20,22-23,27-28H,6-7,14-15H2,1-5H3,(H,29,30). The lowest BCUT2D eigenvalue weighted by atomic mass is 9.83. The molecule has 0 aliphatic carbocycles. The Kier molecular flexibility index (Phi) is 7.91. The van der Waals surface area contributed by atoms with Crippen LogP contribution >= 0.6 is 11.8 Å². The predicted molar refractivity (Wildman–Crippen MR) is 130 cm³/mol. The molecule has 3 N–H and O–H groups in total. The van der Waals surface area contributed by atoms with Crippen LogP contribution in [-0.2, 0) is 11.2 Å². The molecule has 1 aliphatic heterocycles. The van der Waals surface area contributed by atoms with Crippen LogP contribution in [0.4, 0.5) is 0 Å². The number of aliphatic hydroxyl groups excluding tert-OH is 1. The highest BCUT2D eigenvalue weighted by Gasteiger charge is 2.33. The highest BCUT2D eigenvalue weighted by Crippen LogP contribution is 2.35. The molecular formula is C26H35NO4S. The third-order valence-electron chi connectivity index (χ3n) is 6.45. The van der Waals surface area contributed by atoms with Gasteiger partial charge in [-0.25, -0.2) is 4.79 Å². The Labute approximate surface area is 195 Å². The number of hydrogen-bond donors (Lipinski definition) is 3. The lowest BCUT2D eigenvalue weighted by Gasteiger charge is -2.26. The SMILES string of the molecule is CSc1ccc(C(O)C2CNCC2CCc2cc(C)c(OC(C)(C)C(=O)O)c(C)c2)cc1. The minimum atomic E-state index is -1.27. The summed E-state index contributed by atoms with van der Waals surface area (Å²) in [5.74, 6) is 0.247. The molecule has 174 valence electrons. The highest BCUT2D eigenvalue weighted by molar-refractivity contribution is 7.98. The van der Waals surface area contributed by atoms with Gasteiger partial charge in [0.25, 0.3) is 0 Å². The zero-order chi connectivity index (χ0) is 23.5. The second-order valence-corrected chi connectivity index (χ2v) is 10.2. The zero-order valence-corrected chi connectivity index (χ0v) is 20.5. The molecule has 32 heavy (non-hydrogen) atoms. The van der Waals surface area contributed by atoms with Crippen LogP contribution < -0.4 is 10.1 Å². The molecule has 0 amide bonds. The monoisotopic (exact) mass is 457 g/mol. The van der Waals surface area contributed by atoms with Gasteiger partial charge in [0.15, 0.2) is 5.60 Å². The van der Waals surface area contributed by atoms with Crippen molar-refractivity contribution < 1.29 is 19.7 Å². The van der Waals surface area contributed by atoms with E-state index in [0.29, 0.717) is 11.7 Å². The third kappa shape index (κ3) is 5.66. The summed E-state index contributed by atoms with van der Waals surface area (Å²) in [5, 5.41) is 23.8. The number of benzene rings is 2. The van der Waals surface area contributed by atoms with Crippen LogP contribution in [-0.4, -0.2) is 41.1 Å². The topological polar surface area (TPSA) is 78.8 Å². The van der Waals surface area contributed by atoms with E-state index in [9.17, 15) is 15.0 Å². The molecule has 0 aromatic heterocycles. The summed E-state index contributed by atoms with van der Waals surface area (Å²) in [4.78, 5) is 12.6. The number of thioether (sulfide) groups is 1. The van der Waals surface area contributed by atoms with Crippen LogP contribution in [0.5, 0.6) is 5.75 Å². The summed E-state index contributed by atoms with van der Waals surface area (Å²) in [7, 11) is 0. The molecule has 6 heteroatoms. The molecule has 3 unspecified atom stereocenters. The van der Waals surface area contributed by atoms with Crippen molar-refractivity contribution >= 4 is 17.7 Å². The molecule has 1 saturated heterocycles. The molecule has 2 aromatic rings. The molecule has 1 fully saturated rings. The van der Waals surface area contributed by atoms with E-state index in [4.69, 9.17) is 4.74 Å². The number of carbonyl (C=O) groups is 1. The fourth-order valence-electron chi connectivity index (χ4n) is 4.48.